The molecule has 0 aliphatic rings. The molecular formula is C13H11Br2FN2O2S. The number of benzene rings is 2. The van der Waals surface area contributed by atoms with Crippen molar-refractivity contribution in [3.8, 4) is 0 Å². The van der Waals surface area contributed by atoms with Gasteiger partial charge in [-0.25, -0.2) is 17.5 Å². The fourth-order valence-corrected chi connectivity index (χ4v) is 3.58. The molecule has 0 amide bonds. The van der Waals surface area contributed by atoms with Gasteiger partial charge in [-0.1, -0.05) is 31.9 Å². The van der Waals surface area contributed by atoms with Crippen LogP contribution in [0.15, 0.2) is 50.2 Å². The maximum atomic E-state index is 13.2. The van der Waals surface area contributed by atoms with Crippen molar-refractivity contribution < 1.29 is 12.8 Å². The highest BCUT2D eigenvalue weighted by molar-refractivity contribution is 9.10. The number of anilines is 1. The summed E-state index contributed by atoms with van der Waals surface area (Å²) < 4.78 is 41.3. The first-order chi connectivity index (χ1) is 9.79. The Labute approximate surface area is 138 Å². The van der Waals surface area contributed by atoms with E-state index in [9.17, 15) is 12.8 Å². The summed E-state index contributed by atoms with van der Waals surface area (Å²) >= 11 is 6.46. The molecule has 0 spiro atoms. The van der Waals surface area contributed by atoms with Gasteiger partial charge in [0.25, 0.3) is 0 Å². The molecule has 2 rings (SSSR count). The summed E-state index contributed by atoms with van der Waals surface area (Å²) in [5.74, 6) is -0.435. The molecule has 2 aromatic carbocycles. The summed E-state index contributed by atoms with van der Waals surface area (Å²) in [4.78, 5) is -0.0155. The molecule has 0 aromatic heterocycles. The van der Waals surface area contributed by atoms with Gasteiger partial charge in [-0.15, -0.1) is 0 Å². The lowest BCUT2D eigenvalue weighted by Crippen LogP contribution is -2.24. The van der Waals surface area contributed by atoms with Crippen LogP contribution in [0.5, 0.6) is 0 Å². The number of nitrogen functional groups attached to an aromatic ring is 1. The van der Waals surface area contributed by atoms with Gasteiger partial charge in [-0.3, -0.25) is 0 Å². The first kappa shape index (κ1) is 16.4. The standard InChI is InChI=1S/C13H11Br2FN2O2S/c14-9-1-4-13(12(17)6-9)21(19,20)18-7-8-5-10(16)2-3-11(8)15/h1-6,18H,7,17H2. The molecule has 0 saturated carbocycles. The number of hydrogen-bond donors (Lipinski definition) is 2. The molecule has 0 fully saturated rings. The zero-order valence-electron chi connectivity index (χ0n) is 10.6. The Balaban J connectivity index is 2.24. The van der Waals surface area contributed by atoms with E-state index in [0.29, 0.717) is 14.5 Å². The van der Waals surface area contributed by atoms with E-state index in [4.69, 9.17) is 5.73 Å². The van der Waals surface area contributed by atoms with Gasteiger partial charge in [0.1, 0.15) is 10.7 Å². The molecule has 2 aromatic rings. The Bertz CT molecular complexity index is 782. The molecule has 0 radical (unpaired) electrons. The molecule has 8 heteroatoms. The second-order valence-electron chi connectivity index (χ2n) is 4.24. The van der Waals surface area contributed by atoms with E-state index in [-0.39, 0.29) is 17.1 Å². The van der Waals surface area contributed by atoms with Gasteiger partial charge in [0.2, 0.25) is 10.0 Å². The van der Waals surface area contributed by atoms with Crippen LogP contribution in [-0.2, 0) is 16.6 Å². The van der Waals surface area contributed by atoms with Crippen molar-refractivity contribution in [2.24, 2.45) is 0 Å². The summed E-state index contributed by atoms with van der Waals surface area (Å²) in [7, 11) is -3.77. The summed E-state index contributed by atoms with van der Waals surface area (Å²) in [6, 6.07) is 8.57. The summed E-state index contributed by atoms with van der Waals surface area (Å²) in [6.45, 7) is -0.0455. The monoisotopic (exact) mass is 436 g/mol. The van der Waals surface area contributed by atoms with Crippen LogP contribution >= 0.6 is 31.9 Å². The van der Waals surface area contributed by atoms with Gasteiger partial charge in [0.15, 0.2) is 0 Å². The van der Waals surface area contributed by atoms with Gasteiger partial charge in [-0.2, -0.15) is 0 Å². The molecule has 4 nitrogen and oxygen atoms in total. The number of halogens is 3. The number of sulfonamides is 1. The fourth-order valence-electron chi connectivity index (χ4n) is 1.69. The second kappa shape index (κ2) is 6.43. The molecule has 0 saturated heterocycles. The van der Waals surface area contributed by atoms with Crippen molar-refractivity contribution >= 4 is 47.6 Å². The van der Waals surface area contributed by atoms with Gasteiger partial charge in [0.05, 0.1) is 5.69 Å². The molecular weight excluding hydrogens is 427 g/mol. The van der Waals surface area contributed by atoms with Crippen molar-refractivity contribution in [3.63, 3.8) is 0 Å². The molecule has 0 aliphatic heterocycles. The molecule has 0 unspecified atom stereocenters. The Kier molecular flexibility index (Phi) is 5.03. The number of nitrogens with two attached hydrogens (primary N) is 1. The van der Waals surface area contributed by atoms with Crippen LogP contribution in [0, 0.1) is 5.82 Å². The van der Waals surface area contributed by atoms with Gasteiger partial charge < -0.3 is 5.73 Å². The molecule has 0 bridgehead atoms. The summed E-state index contributed by atoms with van der Waals surface area (Å²) in [6.07, 6.45) is 0. The lowest BCUT2D eigenvalue weighted by atomic mass is 10.2. The highest BCUT2D eigenvalue weighted by Gasteiger charge is 2.17. The third-order valence-electron chi connectivity index (χ3n) is 2.72. The van der Waals surface area contributed by atoms with Crippen molar-refractivity contribution in [1.29, 1.82) is 0 Å². The van der Waals surface area contributed by atoms with Crippen LogP contribution in [0.4, 0.5) is 10.1 Å². The lowest BCUT2D eigenvalue weighted by molar-refractivity contribution is 0.580. The van der Waals surface area contributed by atoms with E-state index in [1.165, 1.54) is 30.3 Å². The molecule has 0 atom stereocenters. The number of hydrogen-bond acceptors (Lipinski definition) is 3. The quantitative estimate of drug-likeness (QED) is 0.720. The number of rotatable bonds is 4. The molecule has 0 heterocycles. The predicted molar refractivity (Wildman–Crippen MR) is 86.7 cm³/mol. The SMILES string of the molecule is Nc1cc(Br)ccc1S(=O)(=O)NCc1cc(F)ccc1Br. The topological polar surface area (TPSA) is 72.2 Å². The van der Waals surface area contributed by atoms with E-state index < -0.39 is 15.8 Å². The minimum Gasteiger partial charge on any atom is -0.398 e. The van der Waals surface area contributed by atoms with Gasteiger partial charge >= 0.3 is 0 Å². The third kappa shape index (κ3) is 4.03. The average molecular weight is 438 g/mol. The van der Waals surface area contributed by atoms with Crippen LogP contribution < -0.4 is 10.5 Å². The zero-order chi connectivity index (χ0) is 15.6. The van der Waals surface area contributed by atoms with Crippen LogP contribution in [0.1, 0.15) is 5.56 Å². The van der Waals surface area contributed by atoms with Crippen molar-refractivity contribution in [3.05, 3.63) is 56.7 Å². The highest BCUT2D eigenvalue weighted by Crippen LogP contribution is 2.23. The summed E-state index contributed by atoms with van der Waals surface area (Å²) in [5.41, 5.74) is 6.34. The van der Waals surface area contributed by atoms with Gasteiger partial charge in [0, 0.05) is 15.5 Å². The van der Waals surface area contributed by atoms with E-state index in [2.05, 4.69) is 36.6 Å². The Morgan fingerprint density at radius 3 is 2.52 bits per heavy atom. The van der Waals surface area contributed by atoms with Crippen molar-refractivity contribution in [2.45, 2.75) is 11.4 Å². The Hall–Kier alpha value is -0.960. The van der Waals surface area contributed by atoms with Crippen LogP contribution in [0.3, 0.4) is 0 Å². The second-order valence-corrected chi connectivity index (χ2v) is 7.75. The minimum atomic E-state index is -3.77. The first-order valence-corrected chi connectivity index (χ1v) is 8.85. The van der Waals surface area contributed by atoms with E-state index >= 15 is 0 Å². The van der Waals surface area contributed by atoms with Gasteiger partial charge in [-0.05, 0) is 42.0 Å². The fraction of sp³-hybridized carbons (Fsp3) is 0.0769. The van der Waals surface area contributed by atoms with Crippen LogP contribution in [0.25, 0.3) is 0 Å². The van der Waals surface area contributed by atoms with E-state index in [1.54, 1.807) is 6.07 Å². The third-order valence-corrected chi connectivity index (χ3v) is 5.46. The first-order valence-electron chi connectivity index (χ1n) is 5.78. The average Bonchev–Trinajstić information content (AvgIpc) is 2.39. The Morgan fingerprint density at radius 1 is 1.14 bits per heavy atom. The summed E-state index contributed by atoms with van der Waals surface area (Å²) in [5, 5.41) is 0. The zero-order valence-corrected chi connectivity index (χ0v) is 14.6. The van der Waals surface area contributed by atoms with Crippen molar-refractivity contribution in [1.82, 2.24) is 4.72 Å². The normalized spacial score (nSPS) is 11.6. The molecule has 21 heavy (non-hydrogen) atoms. The van der Waals surface area contributed by atoms with Crippen LogP contribution in [0.2, 0.25) is 0 Å². The highest BCUT2D eigenvalue weighted by atomic mass is 79.9. The van der Waals surface area contributed by atoms with Crippen molar-refractivity contribution in [2.75, 3.05) is 5.73 Å². The maximum Gasteiger partial charge on any atom is 0.242 e. The molecule has 112 valence electrons. The molecule has 3 N–H and O–H groups in total. The predicted octanol–water partition coefficient (Wildman–Crippen LogP) is 3.41. The Morgan fingerprint density at radius 2 is 1.86 bits per heavy atom. The molecule has 0 aliphatic carbocycles. The van der Waals surface area contributed by atoms with E-state index in [0.717, 1.165) is 0 Å². The lowest BCUT2D eigenvalue weighted by Gasteiger charge is -2.10. The largest absolute Gasteiger partial charge is 0.398 e. The minimum absolute atomic E-state index is 0.0155. The smallest absolute Gasteiger partial charge is 0.242 e. The van der Waals surface area contributed by atoms with E-state index in [1.807, 2.05) is 0 Å². The number of nitrogens with one attached hydrogen (secondary N) is 1. The van der Waals surface area contributed by atoms with Crippen LogP contribution in [-0.4, -0.2) is 8.42 Å². The maximum absolute atomic E-state index is 13.2.